The third kappa shape index (κ3) is 4.55. The molecule has 0 saturated heterocycles. The fraction of sp³-hybridized carbons (Fsp3) is 0.103. The van der Waals surface area contributed by atoms with Crippen molar-refractivity contribution in [3.05, 3.63) is 118 Å². The van der Waals surface area contributed by atoms with Crippen LogP contribution in [0.4, 0.5) is 0 Å². The minimum Gasteiger partial charge on any atom is -0.460 e. The third-order valence-electron chi connectivity index (χ3n) is 6.12. The van der Waals surface area contributed by atoms with Crippen molar-refractivity contribution in [2.45, 2.75) is 19.4 Å². The molecular formula is C29H21Cl2NO3. The van der Waals surface area contributed by atoms with Crippen LogP contribution in [0.25, 0.3) is 21.8 Å². The van der Waals surface area contributed by atoms with Gasteiger partial charge in [-0.05, 0) is 66.6 Å². The summed E-state index contributed by atoms with van der Waals surface area (Å²) in [5, 5.41) is 2.87. The van der Waals surface area contributed by atoms with E-state index in [1.807, 2.05) is 60.7 Å². The van der Waals surface area contributed by atoms with E-state index >= 15 is 0 Å². The zero-order valence-electron chi connectivity index (χ0n) is 18.9. The Morgan fingerprint density at radius 1 is 0.800 bits per heavy atom. The number of hydrogen-bond donors (Lipinski definition) is 0. The molecule has 0 N–H and O–H groups in total. The maximum absolute atomic E-state index is 13.6. The summed E-state index contributed by atoms with van der Waals surface area (Å²) >= 11 is 12.3. The summed E-state index contributed by atoms with van der Waals surface area (Å²) in [7, 11) is 0. The molecule has 0 aliphatic heterocycles. The van der Waals surface area contributed by atoms with Crippen LogP contribution in [0.2, 0.25) is 10.0 Å². The largest absolute Gasteiger partial charge is 0.460 e. The smallest absolute Gasteiger partial charge is 0.313 e. The molecular weight excluding hydrogens is 481 g/mol. The number of fused-ring (bicyclic) bond motifs is 3. The van der Waals surface area contributed by atoms with Crippen molar-refractivity contribution in [2.75, 3.05) is 0 Å². The van der Waals surface area contributed by atoms with Gasteiger partial charge in [-0.2, -0.15) is 0 Å². The van der Waals surface area contributed by atoms with E-state index in [1.165, 1.54) is 0 Å². The number of ether oxygens (including phenoxy) is 1. The zero-order valence-corrected chi connectivity index (χ0v) is 20.4. The second-order valence-electron chi connectivity index (χ2n) is 8.40. The van der Waals surface area contributed by atoms with Gasteiger partial charge in [0.1, 0.15) is 6.61 Å². The predicted octanol–water partition coefficient (Wildman–Crippen LogP) is 7.64. The highest BCUT2D eigenvalue weighted by molar-refractivity contribution is 6.32. The summed E-state index contributed by atoms with van der Waals surface area (Å²) in [6.07, 6.45) is 0. The van der Waals surface area contributed by atoms with Gasteiger partial charge in [-0.1, -0.05) is 65.7 Å². The lowest BCUT2D eigenvalue weighted by atomic mass is 9.99. The number of esters is 1. The zero-order chi connectivity index (χ0) is 24.5. The highest BCUT2D eigenvalue weighted by Gasteiger charge is 2.22. The average molecular weight is 502 g/mol. The van der Waals surface area contributed by atoms with Crippen LogP contribution >= 0.6 is 23.2 Å². The number of hydrogen-bond acceptors (Lipinski definition) is 3. The molecule has 174 valence electrons. The predicted molar refractivity (Wildman–Crippen MR) is 140 cm³/mol. The summed E-state index contributed by atoms with van der Waals surface area (Å²) in [4.78, 5) is 26.4. The Bertz CT molecular complexity index is 1560. The number of carbonyl (C=O) groups excluding carboxylic acids is 2. The van der Waals surface area contributed by atoms with Crippen molar-refractivity contribution in [1.29, 1.82) is 0 Å². The van der Waals surface area contributed by atoms with E-state index in [0.29, 0.717) is 21.1 Å². The highest BCUT2D eigenvalue weighted by Crippen LogP contribution is 2.34. The lowest BCUT2D eigenvalue weighted by Gasteiger charge is -2.13. The molecule has 4 aromatic carbocycles. The lowest BCUT2D eigenvalue weighted by molar-refractivity contribution is -0.146. The molecule has 0 spiro atoms. The van der Waals surface area contributed by atoms with Gasteiger partial charge in [-0.25, -0.2) is 0 Å². The van der Waals surface area contributed by atoms with Gasteiger partial charge in [0.15, 0.2) is 0 Å². The number of carbonyl (C=O) groups is 2. The fourth-order valence-electron chi connectivity index (χ4n) is 4.21. The van der Waals surface area contributed by atoms with Crippen LogP contribution in [0.3, 0.4) is 0 Å². The Kier molecular flexibility index (Phi) is 6.33. The molecule has 5 rings (SSSR count). The van der Waals surface area contributed by atoms with Gasteiger partial charge in [0.2, 0.25) is 0 Å². The van der Waals surface area contributed by atoms with E-state index < -0.39 is 5.92 Å². The number of aromatic nitrogens is 1. The Labute approximate surface area is 212 Å². The van der Waals surface area contributed by atoms with Gasteiger partial charge in [0.25, 0.3) is 5.91 Å². The van der Waals surface area contributed by atoms with E-state index in [-0.39, 0.29) is 18.5 Å². The molecule has 0 amide bonds. The Morgan fingerprint density at radius 2 is 1.51 bits per heavy atom. The van der Waals surface area contributed by atoms with Crippen LogP contribution in [0.1, 0.15) is 34.3 Å². The van der Waals surface area contributed by atoms with Crippen LogP contribution in [-0.4, -0.2) is 16.4 Å². The molecule has 4 nitrogen and oxygen atoms in total. The Morgan fingerprint density at radius 3 is 2.26 bits per heavy atom. The van der Waals surface area contributed by atoms with E-state index in [0.717, 1.165) is 27.4 Å². The minimum atomic E-state index is -0.510. The molecule has 6 heteroatoms. The first kappa shape index (κ1) is 23.2. The van der Waals surface area contributed by atoms with Crippen molar-refractivity contribution in [3.63, 3.8) is 0 Å². The van der Waals surface area contributed by atoms with Gasteiger partial charge in [-0.3, -0.25) is 14.2 Å². The van der Waals surface area contributed by atoms with E-state index in [4.69, 9.17) is 27.9 Å². The molecule has 1 aromatic heterocycles. The number of rotatable bonds is 5. The molecule has 0 bridgehead atoms. The second kappa shape index (κ2) is 9.57. The van der Waals surface area contributed by atoms with Crippen molar-refractivity contribution in [2.24, 2.45) is 0 Å². The molecule has 0 aliphatic rings. The summed E-state index contributed by atoms with van der Waals surface area (Å²) in [5.74, 6) is -1.04. The second-order valence-corrected chi connectivity index (χ2v) is 9.27. The summed E-state index contributed by atoms with van der Waals surface area (Å²) in [6, 6.07) is 27.5. The highest BCUT2D eigenvalue weighted by atomic mass is 35.5. The van der Waals surface area contributed by atoms with Gasteiger partial charge in [-0.15, -0.1) is 0 Å². The van der Waals surface area contributed by atoms with E-state index in [2.05, 4.69) is 0 Å². The molecule has 5 aromatic rings. The SMILES string of the molecule is CC(C(=O)OCc1ccccc1)c1ccc2c3cc(Cl)ccc3n(C(=O)c3ccc(Cl)cc3)c2c1. The molecule has 0 radical (unpaired) electrons. The van der Waals surface area contributed by atoms with E-state index in [9.17, 15) is 9.59 Å². The van der Waals surface area contributed by atoms with Crippen LogP contribution in [0, 0.1) is 0 Å². The maximum Gasteiger partial charge on any atom is 0.313 e. The topological polar surface area (TPSA) is 48.3 Å². The van der Waals surface area contributed by atoms with Crippen LogP contribution < -0.4 is 0 Å². The molecule has 35 heavy (non-hydrogen) atoms. The molecule has 1 heterocycles. The molecule has 1 unspecified atom stereocenters. The minimum absolute atomic E-state index is 0.194. The monoisotopic (exact) mass is 501 g/mol. The van der Waals surface area contributed by atoms with Crippen LogP contribution in [0.15, 0.2) is 91.0 Å². The van der Waals surface area contributed by atoms with Gasteiger partial charge < -0.3 is 4.74 Å². The average Bonchev–Trinajstić information content (AvgIpc) is 3.20. The van der Waals surface area contributed by atoms with Crippen molar-refractivity contribution < 1.29 is 14.3 Å². The van der Waals surface area contributed by atoms with Crippen LogP contribution in [-0.2, 0) is 16.1 Å². The fourth-order valence-corrected chi connectivity index (χ4v) is 4.51. The summed E-state index contributed by atoms with van der Waals surface area (Å²) < 4.78 is 7.21. The van der Waals surface area contributed by atoms with Crippen molar-refractivity contribution in [1.82, 2.24) is 4.57 Å². The summed E-state index contributed by atoms with van der Waals surface area (Å²) in [5.41, 5.74) is 3.62. The van der Waals surface area contributed by atoms with Crippen molar-refractivity contribution in [3.8, 4) is 0 Å². The lowest BCUT2D eigenvalue weighted by Crippen LogP contribution is -2.14. The van der Waals surface area contributed by atoms with Gasteiger partial charge >= 0.3 is 5.97 Å². The Balaban J connectivity index is 1.56. The van der Waals surface area contributed by atoms with Crippen LogP contribution in [0.5, 0.6) is 0 Å². The normalized spacial score (nSPS) is 12.1. The molecule has 1 atom stereocenters. The maximum atomic E-state index is 13.6. The van der Waals surface area contributed by atoms with Gasteiger partial charge in [0, 0.05) is 26.4 Å². The first-order chi connectivity index (χ1) is 16.9. The quantitative estimate of drug-likeness (QED) is 0.232. The standard InChI is InChI=1S/C29H21Cl2NO3/c1-18(29(34)35-17-19-5-3-2-4-6-19)21-9-13-24-25-16-23(31)12-14-26(25)32(27(24)15-21)28(33)20-7-10-22(30)11-8-20/h2-16,18H,17H2,1H3. The van der Waals surface area contributed by atoms with Crippen molar-refractivity contribution >= 4 is 56.9 Å². The Hall–Kier alpha value is -3.60. The number of halogens is 2. The third-order valence-corrected chi connectivity index (χ3v) is 6.61. The molecule has 0 aliphatic carbocycles. The van der Waals surface area contributed by atoms with Gasteiger partial charge in [0.05, 0.1) is 17.0 Å². The number of benzene rings is 4. The first-order valence-electron chi connectivity index (χ1n) is 11.2. The number of nitrogens with zero attached hydrogens (tertiary/aromatic N) is 1. The molecule has 0 fully saturated rings. The van der Waals surface area contributed by atoms with E-state index in [1.54, 1.807) is 41.8 Å². The molecule has 0 saturated carbocycles. The first-order valence-corrected chi connectivity index (χ1v) is 11.9. The summed E-state index contributed by atoms with van der Waals surface area (Å²) in [6.45, 7) is 2.01.